The lowest BCUT2D eigenvalue weighted by atomic mass is 9.90. The molecule has 1 aliphatic carbocycles. The van der Waals surface area contributed by atoms with Gasteiger partial charge in [0.05, 0.1) is 0 Å². The molecule has 2 rings (SSSR count). The van der Waals surface area contributed by atoms with Gasteiger partial charge in [-0.2, -0.15) is 0 Å². The molecule has 104 valence electrons. The Morgan fingerprint density at radius 3 is 2.68 bits per heavy atom. The molecule has 2 atom stereocenters. The van der Waals surface area contributed by atoms with Gasteiger partial charge in [-0.3, -0.25) is 4.79 Å². The number of hydrogen-bond acceptors (Lipinski definition) is 1. The lowest BCUT2D eigenvalue weighted by molar-refractivity contribution is -0.122. The maximum Gasteiger partial charge on any atom is 0.223 e. The summed E-state index contributed by atoms with van der Waals surface area (Å²) in [6, 6.07) is 10.3. The molecule has 0 saturated heterocycles. The number of carbonyl (C=O) groups is 1. The van der Waals surface area contributed by atoms with Crippen molar-refractivity contribution < 1.29 is 4.79 Å². The van der Waals surface area contributed by atoms with Crippen LogP contribution in [-0.4, -0.2) is 17.8 Å². The summed E-state index contributed by atoms with van der Waals surface area (Å²) < 4.78 is 0. The molecule has 0 heterocycles. The first-order valence-corrected chi connectivity index (χ1v) is 8.04. The van der Waals surface area contributed by atoms with Gasteiger partial charge in [-0.1, -0.05) is 60.1 Å². The Bertz CT molecular complexity index is 430. The molecule has 1 saturated carbocycles. The van der Waals surface area contributed by atoms with Crippen molar-refractivity contribution in [3.8, 4) is 0 Å². The van der Waals surface area contributed by atoms with Gasteiger partial charge in [-0.25, -0.2) is 0 Å². The van der Waals surface area contributed by atoms with E-state index in [0.717, 1.165) is 24.7 Å². The van der Waals surface area contributed by atoms with Crippen LogP contribution in [0, 0.1) is 11.3 Å². The third kappa shape index (κ3) is 4.07. The summed E-state index contributed by atoms with van der Waals surface area (Å²) in [7, 11) is 0. The molecule has 0 spiro atoms. The van der Waals surface area contributed by atoms with Crippen LogP contribution in [0.2, 0.25) is 0 Å². The average molecular weight is 324 g/mol. The minimum atomic E-state index is 0.163. The largest absolute Gasteiger partial charge is 0.355 e. The van der Waals surface area contributed by atoms with Crippen molar-refractivity contribution in [2.45, 2.75) is 32.6 Å². The Labute approximate surface area is 124 Å². The monoisotopic (exact) mass is 323 g/mol. The zero-order valence-electron chi connectivity index (χ0n) is 11.7. The minimum Gasteiger partial charge on any atom is -0.355 e. The topological polar surface area (TPSA) is 29.1 Å². The van der Waals surface area contributed by atoms with Crippen molar-refractivity contribution in [2.24, 2.45) is 11.3 Å². The fourth-order valence-electron chi connectivity index (χ4n) is 2.36. The van der Waals surface area contributed by atoms with Gasteiger partial charge in [0, 0.05) is 17.8 Å². The number of carbonyl (C=O) groups excluding carboxylic acids is 1. The highest BCUT2D eigenvalue weighted by Crippen LogP contribution is 2.47. The second-order valence-corrected chi connectivity index (χ2v) is 6.97. The summed E-state index contributed by atoms with van der Waals surface area (Å²) in [5.74, 6) is 0.833. The van der Waals surface area contributed by atoms with Crippen LogP contribution in [0.1, 0.15) is 38.2 Å². The first-order chi connectivity index (χ1) is 9.03. The van der Waals surface area contributed by atoms with Crippen LogP contribution in [0.15, 0.2) is 30.3 Å². The van der Waals surface area contributed by atoms with E-state index in [1.807, 2.05) is 18.2 Å². The first kappa shape index (κ1) is 14.6. The van der Waals surface area contributed by atoms with E-state index in [1.165, 1.54) is 5.56 Å². The maximum absolute atomic E-state index is 12.1. The summed E-state index contributed by atoms with van der Waals surface area (Å²) >= 11 is 3.46. The van der Waals surface area contributed by atoms with Crippen LogP contribution in [0.25, 0.3) is 0 Å². The van der Waals surface area contributed by atoms with E-state index in [1.54, 1.807) is 0 Å². The number of rotatable bonds is 6. The summed E-state index contributed by atoms with van der Waals surface area (Å²) in [6.45, 7) is 5.14. The SMILES string of the molecule is CC(C)(CCBr)CNC(=O)C1CC1c1ccccc1. The molecule has 1 aromatic rings. The van der Waals surface area contributed by atoms with E-state index >= 15 is 0 Å². The smallest absolute Gasteiger partial charge is 0.223 e. The molecule has 1 fully saturated rings. The Kier molecular flexibility index (Phi) is 4.67. The minimum absolute atomic E-state index is 0.163. The van der Waals surface area contributed by atoms with Gasteiger partial charge < -0.3 is 5.32 Å². The number of nitrogens with one attached hydrogen (secondary N) is 1. The quantitative estimate of drug-likeness (QED) is 0.794. The van der Waals surface area contributed by atoms with Crippen LogP contribution in [0.3, 0.4) is 0 Å². The van der Waals surface area contributed by atoms with Gasteiger partial charge in [0.25, 0.3) is 0 Å². The Hall–Kier alpha value is -0.830. The van der Waals surface area contributed by atoms with Gasteiger partial charge >= 0.3 is 0 Å². The molecule has 2 nitrogen and oxygen atoms in total. The van der Waals surface area contributed by atoms with E-state index in [-0.39, 0.29) is 17.2 Å². The van der Waals surface area contributed by atoms with E-state index in [4.69, 9.17) is 0 Å². The summed E-state index contributed by atoms with van der Waals surface area (Å²) in [6.07, 6.45) is 2.06. The number of benzene rings is 1. The maximum atomic E-state index is 12.1. The zero-order valence-corrected chi connectivity index (χ0v) is 13.2. The Balaban J connectivity index is 1.80. The fourth-order valence-corrected chi connectivity index (χ4v) is 3.43. The normalized spacial score (nSPS) is 22.1. The average Bonchev–Trinajstić information content (AvgIpc) is 3.17. The second kappa shape index (κ2) is 6.08. The number of hydrogen-bond donors (Lipinski definition) is 1. The van der Waals surface area contributed by atoms with Crippen LogP contribution in [0.4, 0.5) is 0 Å². The van der Waals surface area contributed by atoms with E-state index in [0.29, 0.717) is 5.92 Å². The van der Waals surface area contributed by atoms with E-state index in [9.17, 15) is 4.79 Å². The van der Waals surface area contributed by atoms with Crippen molar-refractivity contribution in [3.63, 3.8) is 0 Å². The zero-order chi connectivity index (χ0) is 13.9. The molecule has 0 radical (unpaired) electrons. The molecular formula is C16H22BrNO. The molecule has 0 aliphatic heterocycles. The first-order valence-electron chi connectivity index (χ1n) is 6.92. The number of halogens is 1. The molecule has 0 bridgehead atoms. The fraction of sp³-hybridized carbons (Fsp3) is 0.562. The van der Waals surface area contributed by atoms with Crippen LogP contribution in [-0.2, 0) is 4.79 Å². The summed E-state index contributed by atoms with van der Waals surface area (Å²) in [4.78, 5) is 12.1. The Morgan fingerprint density at radius 2 is 2.05 bits per heavy atom. The van der Waals surface area contributed by atoms with Crippen molar-refractivity contribution in [2.75, 3.05) is 11.9 Å². The third-order valence-electron chi connectivity index (χ3n) is 3.87. The van der Waals surface area contributed by atoms with E-state index in [2.05, 4.69) is 47.2 Å². The van der Waals surface area contributed by atoms with Crippen LogP contribution in [0.5, 0.6) is 0 Å². The lowest BCUT2D eigenvalue weighted by Gasteiger charge is -2.23. The van der Waals surface area contributed by atoms with Gasteiger partial charge in [-0.15, -0.1) is 0 Å². The van der Waals surface area contributed by atoms with Gasteiger partial charge in [0.1, 0.15) is 0 Å². The predicted molar refractivity (Wildman–Crippen MR) is 82.5 cm³/mol. The van der Waals surface area contributed by atoms with Gasteiger partial charge in [-0.05, 0) is 29.7 Å². The second-order valence-electron chi connectivity index (χ2n) is 6.18. The predicted octanol–water partition coefficient (Wildman–Crippen LogP) is 3.72. The number of alkyl halides is 1. The lowest BCUT2D eigenvalue weighted by Crippen LogP contribution is -2.35. The van der Waals surface area contributed by atoms with Crippen molar-refractivity contribution >= 4 is 21.8 Å². The molecule has 1 N–H and O–H groups in total. The molecule has 1 aromatic carbocycles. The van der Waals surface area contributed by atoms with Crippen molar-refractivity contribution in [1.82, 2.24) is 5.32 Å². The highest BCUT2D eigenvalue weighted by Gasteiger charge is 2.43. The van der Waals surface area contributed by atoms with Gasteiger partial charge in [0.15, 0.2) is 0 Å². The highest BCUT2D eigenvalue weighted by molar-refractivity contribution is 9.09. The number of amides is 1. The van der Waals surface area contributed by atoms with Crippen LogP contribution >= 0.6 is 15.9 Å². The molecule has 0 aromatic heterocycles. The summed E-state index contributed by atoms with van der Waals surface area (Å²) in [5.41, 5.74) is 1.46. The molecule has 1 amide bonds. The molecule has 2 unspecified atom stereocenters. The molecular weight excluding hydrogens is 302 g/mol. The third-order valence-corrected chi connectivity index (χ3v) is 4.26. The standard InChI is InChI=1S/C16H22BrNO/c1-16(2,8-9-17)11-18-15(19)14-10-13(14)12-6-4-3-5-7-12/h3-7,13-14H,8-11H2,1-2H3,(H,18,19). The van der Waals surface area contributed by atoms with Gasteiger partial charge in [0.2, 0.25) is 5.91 Å². The molecule has 1 aliphatic rings. The Morgan fingerprint density at radius 1 is 1.37 bits per heavy atom. The summed E-state index contributed by atoms with van der Waals surface area (Å²) in [5, 5.41) is 4.09. The highest BCUT2D eigenvalue weighted by atomic mass is 79.9. The van der Waals surface area contributed by atoms with Crippen molar-refractivity contribution in [3.05, 3.63) is 35.9 Å². The molecule has 19 heavy (non-hydrogen) atoms. The van der Waals surface area contributed by atoms with Crippen molar-refractivity contribution in [1.29, 1.82) is 0 Å². The van der Waals surface area contributed by atoms with E-state index < -0.39 is 0 Å². The van der Waals surface area contributed by atoms with Crippen LogP contribution < -0.4 is 5.32 Å². The molecule has 3 heteroatoms.